The van der Waals surface area contributed by atoms with Crippen LogP contribution in [0.1, 0.15) is 49.4 Å². The molecule has 0 unspecified atom stereocenters. The van der Waals surface area contributed by atoms with E-state index in [-0.39, 0.29) is 17.2 Å². The summed E-state index contributed by atoms with van der Waals surface area (Å²) in [6, 6.07) is 4.44. The summed E-state index contributed by atoms with van der Waals surface area (Å²) in [6.45, 7) is 1.36. The Morgan fingerprint density at radius 2 is 1.87 bits per heavy atom. The maximum atomic E-state index is 13.5. The third-order valence-electron chi connectivity index (χ3n) is 6.34. The van der Waals surface area contributed by atoms with Crippen LogP contribution in [0, 0.1) is 5.41 Å². The molecule has 31 heavy (non-hydrogen) atoms. The van der Waals surface area contributed by atoms with Crippen LogP contribution in [-0.4, -0.2) is 37.3 Å². The number of rotatable bonds is 7. The van der Waals surface area contributed by atoms with Gasteiger partial charge >= 0.3 is 6.18 Å². The predicted molar refractivity (Wildman–Crippen MR) is 115 cm³/mol. The lowest BCUT2D eigenvalue weighted by Crippen LogP contribution is -2.44. The largest absolute Gasteiger partial charge is 0.433 e. The number of halogens is 3. The molecule has 0 amide bonds. The molecular weight excluding hydrogens is 407 g/mol. The van der Waals surface area contributed by atoms with Gasteiger partial charge in [0, 0.05) is 43.3 Å². The van der Waals surface area contributed by atoms with Gasteiger partial charge in [0.2, 0.25) is 0 Å². The first-order valence-electron chi connectivity index (χ1n) is 10.5. The average Bonchev–Trinajstić information content (AvgIpc) is 3.52. The van der Waals surface area contributed by atoms with Gasteiger partial charge in [0.1, 0.15) is 11.5 Å². The molecular formula is C22H28F3N5O. The summed E-state index contributed by atoms with van der Waals surface area (Å²) in [5.41, 5.74) is 13.6. The molecule has 0 aromatic carbocycles. The van der Waals surface area contributed by atoms with Crippen molar-refractivity contribution >= 4 is 17.2 Å². The molecule has 168 valence electrons. The third kappa shape index (κ3) is 4.42. The van der Waals surface area contributed by atoms with Gasteiger partial charge in [0.15, 0.2) is 0 Å². The van der Waals surface area contributed by atoms with E-state index in [0.29, 0.717) is 41.5 Å². The standard InChI is InChI=1S/C22H28F3N5O/c1-30(11-21(12-31-2)6-3-7-21)17-10-16(29-20(27)19(17)26)14-8-15(13-4-5-13)28-18(9-14)22(23,24)25/h8-10,13H,3-7,11-12,26H2,1-2H3,(H2,27,29). The molecule has 0 radical (unpaired) electrons. The smallest absolute Gasteiger partial charge is 0.394 e. The van der Waals surface area contributed by atoms with Gasteiger partial charge in [0.25, 0.3) is 0 Å². The van der Waals surface area contributed by atoms with Gasteiger partial charge in [0.05, 0.1) is 23.7 Å². The highest BCUT2D eigenvalue weighted by atomic mass is 19.4. The Morgan fingerprint density at radius 1 is 1.16 bits per heavy atom. The highest BCUT2D eigenvalue weighted by molar-refractivity contribution is 5.82. The minimum Gasteiger partial charge on any atom is -0.394 e. The Bertz CT molecular complexity index is 970. The lowest BCUT2D eigenvalue weighted by atomic mass is 9.69. The molecule has 0 aliphatic heterocycles. The van der Waals surface area contributed by atoms with E-state index in [1.807, 2.05) is 11.9 Å². The van der Waals surface area contributed by atoms with Crippen LogP contribution in [-0.2, 0) is 10.9 Å². The SMILES string of the molecule is COCC1(CN(C)c2cc(-c3cc(C4CC4)nc(C(F)(F)F)c3)nc(N)c2N)CCC1. The molecule has 2 aliphatic rings. The maximum Gasteiger partial charge on any atom is 0.433 e. The van der Waals surface area contributed by atoms with Gasteiger partial charge in [-0.05, 0) is 43.9 Å². The molecule has 6 nitrogen and oxygen atoms in total. The van der Waals surface area contributed by atoms with Crippen molar-refractivity contribution in [3.05, 3.63) is 29.6 Å². The second kappa shape index (κ2) is 7.85. The van der Waals surface area contributed by atoms with E-state index in [2.05, 4.69) is 9.97 Å². The topological polar surface area (TPSA) is 90.3 Å². The van der Waals surface area contributed by atoms with E-state index in [4.69, 9.17) is 16.2 Å². The number of nitrogens with two attached hydrogens (primary N) is 2. The fourth-order valence-corrected chi connectivity index (χ4v) is 4.38. The first-order valence-corrected chi connectivity index (χ1v) is 10.5. The van der Waals surface area contributed by atoms with Crippen LogP contribution in [0.4, 0.5) is 30.4 Å². The number of nitrogens with zero attached hydrogens (tertiary/aromatic N) is 3. The van der Waals surface area contributed by atoms with Crippen LogP contribution in [0.15, 0.2) is 18.2 Å². The van der Waals surface area contributed by atoms with Crippen LogP contribution in [0.3, 0.4) is 0 Å². The number of hydrogen-bond donors (Lipinski definition) is 2. The van der Waals surface area contributed by atoms with Crippen molar-refractivity contribution in [2.45, 2.75) is 44.2 Å². The summed E-state index contributed by atoms with van der Waals surface area (Å²) < 4.78 is 45.8. The summed E-state index contributed by atoms with van der Waals surface area (Å²) in [6.07, 6.45) is 0.430. The van der Waals surface area contributed by atoms with Gasteiger partial charge in [-0.3, -0.25) is 0 Å². The monoisotopic (exact) mass is 435 g/mol. The van der Waals surface area contributed by atoms with E-state index >= 15 is 0 Å². The van der Waals surface area contributed by atoms with Gasteiger partial charge in [-0.25, -0.2) is 9.97 Å². The third-order valence-corrected chi connectivity index (χ3v) is 6.34. The molecule has 2 heterocycles. The minimum atomic E-state index is -4.53. The Kier molecular flexibility index (Phi) is 5.49. The molecule has 2 aromatic rings. The van der Waals surface area contributed by atoms with Crippen molar-refractivity contribution in [3.8, 4) is 11.3 Å². The number of nitrogen functional groups attached to an aromatic ring is 2. The number of aromatic nitrogens is 2. The van der Waals surface area contributed by atoms with Crippen molar-refractivity contribution < 1.29 is 17.9 Å². The first kappa shape index (κ1) is 21.7. The first-order chi connectivity index (χ1) is 14.6. The summed E-state index contributed by atoms with van der Waals surface area (Å²) in [5, 5.41) is 0. The summed E-state index contributed by atoms with van der Waals surface area (Å²) in [7, 11) is 3.60. The number of hydrogen-bond acceptors (Lipinski definition) is 6. The number of methoxy groups -OCH3 is 1. The Labute approximate surface area is 179 Å². The highest BCUT2D eigenvalue weighted by Crippen LogP contribution is 2.44. The zero-order valence-electron chi connectivity index (χ0n) is 17.8. The van der Waals surface area contributed by atoms with Gasteiger partial charge in [-0.2, -0.15) is 13.2 Å². The second-order valence-electron chi connectivity index (χ2n) is 8.91. The summed E-state index contributed by atoms with van der Waals surface area (Å²) >= 11 is 0. The van der Waals surface area contributed by atoms with E-state index in [9.17, 15) is 13.2 Å². The predicted octanol–water partition coefficient (Wildman–Crippen LogP) is 4.46. The Balaban J connectivity index is 1.72. The van der Waals surface area contributed by atoms with Crippen molar-refractivity contribution in [3.63, 3.8) is 0 Å². The minimum absolute atomic E-state index is 0.0490. The maximum absolute atomic E-state index is 13.5. The van der Waals surface area contributed by atoms with Crippen LogP contribution in [0.5, 0.6) is 0 Å². The van der Waals surface area contributed by atoms with E-state index in [0.717, 1.165) is 38.2 Å². The number of anilines is 3. The molecule has 2 fully saturated rings. The molecule has 0 saturated heterocycles. The van der Waals surface area contributed by atoms with Crippen LogP contribution >= 0.6 is 0 Å². The highest BCUT2D eigenvalue weighted by Gasteiger charge is 2.39. The van der Waals surface area contributed by atoms with E-state index in [1.54, 1.807) is 19.2 Å². The Morgan fingerprint density at radius 3 is 2.42 bits per heavy atom. The Hall–Kier alpha value is -2.55. The number of alkyl halides is 3. The van der Waals surface area contributed by atoms with Crippen LogP contribution in [0.2, 0.25) is 0 Å². The molecule has 2 saturated carbocycles. The van der Waals surface area contributed by atoms with Crippen molar-refractivity contribution in [2.24, 2.45) is 5.41 Å². The van der Waals surface area contributed by atoms with Gasteiger partial charge in [-0.15, -0.1) is 0 Å². The summed E-state index contributed by atoms with van der Waals surface area (Å²) in [4.78, 5) is 10.2. The lowest BCUT2D eigenvalue weighted by Gasteiger charge is -2.44. The molecule has 4 N–H and O–H groups in total. The molecule has 4 rings (SSSR count). The average molecular weight is 435 g/mol. The fraction of sp³-hybridized carbons (Fsp3) is 0.545. The van der Waals surface area contributed by atoms with Gasteiger partial charge in [-0.1, -0.05) is 6.42 Å². The second-order valence-corrected chi connectivity index (χ2v) is 8.91. The lowest BCUT2D eigenvalue weighted by molar-refractivity contribution is -0.141. The van der Waals surface area contributed by atoms with Crippen molar-refractivity contribution in [2.75, 3.05) is 43.7 Å². The quantitative estimate of drug-likeness (QED) is 0.668. The van der Waals surface area contributed by atoms with Crippen LogP contribution in [0.25, 0.3) is 11.3 Å². The number of pyridine rings is 2. The molecule has 2 aromatic heterocycles. The molecule has 0 atom stereocenters. The van der Waals surface area contributed by atoms with Crippen molar-refractivity contribution in [1.82, 2.24) is 9.97 Å². The molecule has 0 bridgehead atoms. The van der Waals surface area contributed by atoms with Gasteiger partial charge < -0.3 is 21.1 Å². The summed E-state index contributed by atoms with van der Waals surface area (Å²) in [5.74, 6) is 0.175. The van der Waals surface area contributed by atoms with Crippen molar-refractivity contribution in [1.29, 1.82) is 0 Å². The van der Waals surface area contributed by atoms with Crippen LogP contribution < -0.4 is 16.4 Å². The molecule has 0 spiro atoms. The normalized spacial score (nSPS) is 18.0. The van der Waals surface area contributed by atoms with E-state index < -0.39 is 11.9 Å². The fourth-order valence-electron chi connectivity index (χ4n) is 4.38. The zero-order valence-corrected chi connectivity index (χ0v) is 17.8. The molecule has 9 heteroatoms. The molecule has 2 aliphatic carbocycles. The number of ether oxygens (including phenoxy) is 1. The van der Waals surface area contributed by atoms with E-state index in [1.165, 1.54) is 0 Å². The zero-order chi connectivity index (χ0) is 22.4.